The molecular weight excluding hydrogens is 435 g/mol. The highest BCUT2D eigenvalue weighted by atomic mass is 79.9. The zero-order chi connectivity index (χ0) is 20.3. The third-order valence-electron chi connectivity index (χ3n) is 5.01. The van der Waals surface area contributed by atoms with Crippen molar-refractivity contribution in [2.45, 2.75) is 38.3 Å². The van der Waals surface area contributed by atoms with Gasteiger partial charge >= 0.3 is 6.09 Å². The summed E-state index contributed by atoms with van der Waals surface area (Å²) in [5.41, 5.74) is 0.366. The van der Waals surface area contributed by atoms with Crippen molar-refractivity contribution in [1.82, 2.24) is 4.90 Å². The Morgan fingerprint density at radius 1 is 1.43 bits per heavy atom. The number of hydrogen-bond acceptors (Lipinski definition) is 5. The second-order valence-corrected chi connectivity index (χ2v) is 7.68. The van der Waals surface area contributed by atoms with Crippen LogP contribution >= 0.6 is 15.9 Å². The van der Waals surface area contributed by atoms with E-state index in [1.165, 1.54) is 19.2 Å². The normalized spacial score (nSPS) is 22.1. The van der Waals surface area contributed by atoms with Gasteiger partial charge < -0.3 is 24.0 Å². The molecule has 154 valence electrons. The van der Waals surface area contributed by atoms with E-state index in [2.05, 4.69) is 15.9 Å². The summed E-state index contributed by atoms with van der Waals surface area (Å²) >= 11 is 3.14. The molecule has 2 unspecified atom stereocenters. The predicted octanol–water partition coefficient (Wildman–Crippen LogP) is 3.34. The monoisotopic (exact) mass is 458 g/mol. The van der Waals surface area contributed by atoms with Crippen molar-refractivity contribution in [2.75, 3.05) is 38.3 Å². The molecular formula is C19H24BrFN2O5. The van der Waals surface area contributed by atoms with E-state index in [-0.39, 0.29) is 35.2 Å². The summed E-state index contributed by atoms with van der Waals surface area (Å²) in [5.74, 6) is -0.354. The lowest BCUT2D eigenvalue weighted by Crippen LogP contribution is -2.62. The number of fused-ring (bicyclic) bond motifs is 1. The number of anilines is 1. The third-order valence-corrected chi connectivity index (χ3v) is 5.62. The fourth-order valence-corrected chi connectivity index (χ4v) is 3.86. The molecule has 2 fully saturated rings. The first kappa shape index (κ1) is 20.9. The van der Waals surface area contributed by atoms with Crippen molar-refractivity contribution < 1.29 is 28.2 Å². The van der Waals surface area contributed by atoms with Crippen LogP contribution in [0.3, 0.4) is 0 Å². The Bertz CT molecular complexity index is 747. The van der Waals surface area contributed by atoms with Crippen LogP contribution in [-0.2, 0) is 14.3 Å². The average molecular weight is 459 g/mol. The highest BCUT2D eigenvalue weighted by molar-refractivity contribution is 9.10. The van der Waals surface area contributed by atoms with Crippen molar-refractivity contribution in [2.24, 2.45) is 0 Å². The number of ether oxygens (including phenoxy) is 3. The molecule has 0 radical (unpaired) electrons. The Hall–Kier alpha value is -1.87. The number of morpholine rings is 1. The first-order valence-corrected chi connectivity index (χ1v) is 10.1. The molecule has 7 nitrogen and oxygen atoms in total. The van der Waals surface area contributed by atoms with Crippen molar-refractivity contribution in [1.29, 1.82) is 0 Å². The number of amides is 2. The van der Waals surface area contributed by atoms with Crippen molar-refractivity contribution in [3.05, 3.63) is 22.4 Å². The van der Waals surface area contributed by atoms with Gasteiger partial charge in [0.05, 0.1) is 42.6 Å². The number of likely N-dealkylation sites (tertiary alicyclic amines) is 1. The maximum absolute atomic E-state index is 14.2. The lowest BCUT2D eigenvalue weighted by Gasteiger charge is -2.46. The molecule has 0 bridgehead atoms. The minimum absolute atomic E-state index is 0.138. The lowest BCUT2D eigenvalue weighted by atomic mass is 9.97. The van der Waals surface area contributed by atoms with Gasteiger partial charge in [-0.05, 0) is 34.8 Å². The van der Waals surface area contributed by atoms with Crippen LogP contribution in [-0.4, -0.2) is 62.5 Å². The molecule has 0 aliphatic carbocycles. The number of benzene rings is 1. The van der Waals surface area contributed by atoms with Crippen LogP contribution in [0.4, 0.5) is 14.9 Å². The van der Waals surface area contributed by atoms with Gasteiger partial charge in [-0.1, -0.05) is 13.3 Å². The molecule has 2 heterocycles. The summed E-state index contributed by atoms with van der Waals surface area (Å²) in [7, 11) is 1.47. The van der Waals surface area contributed by atoms with Crippen molar-refractivity contribution >= 4 is 33.6 Å². The van der Waals surface area contributed by atoms with Crippen LogP contribution in [0.5, 0.6) is 5.75 Å². The second-order valence-electron chi connectivity index (χ2n) is 6.82. The summed E-state index contributed by atoms with van der Waals surface area (Å²) in [6.45, 7) is 3.03. The summed E-state index contributed by atoms with van der Waals surface area (Å²) < 4.78 is 30.8. The number of halogens is 2. The zero-order valence-electron chi connectivity index (χ0n) is 16.0. The van der Waals surface area contributed by atoms with Gasteiger partial charge in [0.25, 0.3) is 5.91 Å². The maximum Gasteiger partial charge on any atom is 0.409 e. The van der Waals surface area contributed by atoms with Crippen LogP contribution in [0, 0.1) is 5.82 Å². The molecule has 9 heteroatoms. The van der Waals surface area contributed by atoms with Crippen molar-refractivity contribution in [3.63, 3.8) is 0 Å². The number of rotatable bonds is 5. The second kappa shape index (κ2) is 9.09. The quantitative estimate of drug-likeness (QED) is 0.632. The molecule has 0 saturated carbocycles. The number of carbonyl (C=O) groups is 2. The average Bonchev–Trinajstić information content (AvgIpc) is 2.69. The summed E-state index contributed by atoms with van der Waals surface area (Å²) in [6.07, 6.45) is 1.52. The standard InChI is InChI=1S/C19H24BrFN2O5/c1-3-4-7-27-19(25)22-6-5-14-17(10-22)28-11-18(24)23(14)15-9-13(21)12(20)8-16(15)26-2/h8-9,14,17H,3-7,10-11H2,1-2H3. The molecule has 0 aromatic heterocycles. The molecule has 0 spiro atoms. The molecule has 2 atom stereocenters. The zero-order valence-corrected chi connectivity index (χ0v) is 17.5. The summed E-state index contributed by atoms with van der Waals surface area (Å²) in [5, 5.41) is 0. The first-order chi connectivity index (χ1) is 13.5. The van der Waals surface area contributed by atoms with Crippen molar-refractivity contribution in [3.8, 4) is 5.75 Å². The van der Waals surface area contributed by atoms with Gasteiger partial charge in [0.15, 0.2) is 0 Å². The minimum Gasteiger partial charge on any atom is -0.495 e. The molecule has 1 aromatic rings. The minimum atomic E-state index is -0.483. The summed E-state index contributed by atoms with van der Waals surface area (Å²) in [4.78, 5) is 28.0. The lowest BCUT2D eigenvalue weighted by molar-refractivity contribution is -0.134. The van der Waals surface area contributed by atoms with Gasteiger partial charge in [0, 0.05) is 12.6 Å². The molecule has 3 rings (SSSR count). The van der Waals surface area contributed by atoms with Crippen LogP contribution in [0.2, 0.25) is 0 Å². The molecule has 2 aliphatic heterocycles. The first-order valence-electron chi connectivity index (χ1n) is 9.34. The van der Waals surface area contributed by atoms with E-state index in [9.17, 15) is 14.0 Å². The SMILES string of the molecule is CCCCOC(=O)N1CCC2C(C1)OCC(=O)N2c1cc(F)c(Br)cc1OC. The number of hydrogen-bond donors (Lipinski definition) is 0. The van der Waals surface area contributed by atoms with Gasteiger partial charge in [-0.15, -0.1) is 0 Å². The van der Waals surface area contributed by atoms with E-state index in [1.807, 2.05) is 6.92 Å². The maximum atomic E-state index is 14.2. The van der Waals surface area contributed by atoms with E-state index < -0.39 is 5.82 Å². The summed E-state index contributed by atoms with van der Waals surface area (Å²) in [6, 6.07) is 2.48. The number of methoxy groups -OCH3 is 1. The Balaban J connectivity index is 1.78. The molecule has 2 aliphatic rings. The van der Waals surface area contributed by atoms with Crippen LogP contribution in [0.15, 0.2) is 16.6 Å². The van der Waals surface area contributed by atoms with Gasteiger partial charge in [-0.2, -0.15) is 0 Å². The van der Waals surface area contributed by atoms with E-state index in [0.717, 1.165) is 12.8 Å². The van der Waals surface area contributed by atoms with Crippen LogP contribution in [0.25, 0.3) is 0 Å². The fraction of sp³-hybridized carbons (Fsp3) is 0.579. The Labute approximate surface area is 171 Å². The number of piperidine rings is 1. The van der Waals surface area contributed by atoms with Gasteiger partial charge in [-0.3, -0.25) is 4.79 Å². The highest BCUT2D eigenvalue weighted by Crippen LogP contribution is 2.38. The molecule has 28 heavy (non-hydrogen) atoms. The van der Waals surface area contributed by atoms with Gasteiger partial charge in [-0.25, -0.2) is 9.18 Å². The third kappa shape index (κ3) is 4.25. The number of carbonyl (C=O) groups excluding carboxylic acids is 2. The number of unbranched alkanes of at least 4 members (excludes halogenated alkanes) is 1. The predicted molar refractivity (Wildman–Crippen MR) is 104 cm³/mol. The molecule has 1 aromatic carbocycles. The number of nitrogens with zero attached hydrogens (tertiary/aromatic N) is 2. The van der Waals surface area contributed by atoms with Gasteiger partial charge in [0.2, 0.25) is 0 Å². The molecule has 0 N–H and O–H groups in total. The Morgan fingerprint density at radius 3 is 2.93 bits per heavy atom. The van der Waals surface area contributed by atoms with E-state index in [4.69, 9.17) is 14.2 Å². The smallest absolute Gasteiger partial charge is 0.409 e. The Morgan fingerprint density at radius 2 is 2.21 bits per heavy atom. The van der Waals surface area contributed by atoms with E-state index in [0.29, 0.717) is 37.6 Å². The largest absolute Gasteiger partial charge is 0.495 e. The van der Waals surface area contributed by atoms with Crippen LogP contribution in [0.1, 0.15) is 26.2 Å². The molecule has 2 amide bonds. The van der Waals surface area contributed by atoms with Crippen LogP contribution < -0.4 is 9.64 Å². The topological polar surface area (TPSA) is 68.3 Å². The van der Waals surface area contributed by atoms with E-state index >= 15 is 0 Å². The fourth-order valence-electron chi connectivity index (χ4n) is 3.54. The highest BCUT2D eigenvalue weighted by Gasteiger charge is 2.43. The Kier molecular flexibility index (Phi) is 6.77. The van der Waals surface area contributed by atoms with E-state index in [1.54, 1.807) is 9.80 Å². The molecule has 2 saturated heterocycles. The van der Waals surface area contributed by atoms with Gasteiger partial charge in [0.1, 0.15) is 18.2 Å².